The Bertz CT molecular complexity index is 267. The summed E-state index contributed by atoms with van der Waals surface area (Å²) in [7, 11) is 0. The van der Waals surface area contributed by atoms with Crippen LogP contribution in [0, 0.1) is 53.3 Å². The second-order valence-electron chi connectivity index (χ2n) is 7.15. The fourth-order valence-electron chi connectivity index (χ4n) is 4.98. The Hall–Kier alpha value is 0. The van der Waals surface area contributed by atoms with Crippen molar-refractivity contribution in [2.24, 2.45) is 53.3 Å². The van der Waals surface area contributed by atoms with Gasteiger partial charge < -0.3 is 0 Å². The Kier molecular flexibility index (Phi) is 2.05. The van der Waals surface area contributed by atoms with Gasteiger partial charge >= 0.3 is 0 Å². The van der Waals surface area contributed by atoms with Crippen LogP contribution in [0.15, 0.2) is 0 Å². The monoisotopic (exact) mass is 206 g/mol. The predicted molar refractivity (Wildman–Crippen MR) is 64.4 cm³/mol. The summed E-state index contributed by atoms with van der Waals surface area (Å²) in [6, 6.07) is 0. The zero-order chi connectivity index (χ0) is 10.9. The summed E-state index contributed by atoms with van der Waals surface area (Å²) in [5, 5.41) is 0. The van der Waals surface area contributed by atoms with Crippen molar-refractivity contribution < 1.29 is 0 Å². The lowest BCUT2D eigenvalue weighted by molar-refractivity contribution is 0.317. The number of rotatable bonds is 2. The standard InChI is InChI=1S/C15H26/c1-7(2)9(4)14-12-8(3)6-11-10(5)13(11)15(12)14/h7-15H,6H2,1-5H3. The van der Waals surface area contributed by atoms with Crippen molar-refractivity contribution in [1.82, 2.24) is 0 Å². The molecular weight excluding hydrogens is 180 g/mol. The van der Waals surface area contributed by atoms with Crippen LogP contribution in [0.5, 0.6) is 0 Å². The highest BCUT2D eigenvalue weighted by Crippen LogP contribution is 2.74. The van der Waals surface area contributed by atoms with E-state index in [0.717, 1.165) is 53.3 Å². The normalized spacial score (nSPS) is 58.4. The van der Waals surface area contributed by atoms with Crippen LogP contribution in [0.3, 0.4) is 0 Å². The molecule has 8 atom stereocenters. The molecule has 0 amide bonds. The van der Waals surface area contributed by atoms with Crippen molar-refractivity contribution in [2.75, 3.05) is 0 Å². The SMILES string of the molecule is CC(C)C(C)C1C2C(C)CC3C(C)C3C21. The van der Waals surface area contributed by atoms with E-state index in [1.165, 1.54) is 0 Å². The van der Waals surface area contributed by atoms with Gasteiger partial charge in [0.25, 0.3) is 0 Å². The molecule has 0 aromatic heterocycles. The summed E-state index contributed by atoms with van der Waals surface area (Å²) in [6.45, 7) is 12.3. The minimum atomic E-state index is 0.889. The quantitative estimate of drug-likeness (QED) is 0.639. The molecule has 3 rings (SSSR count). The van der Waals surface area contributed by atoms with Crippen LogP contribution < -0.4 is 0 Å². The first kappa shape index (κ1) is 10.2. The molecule has 86 valence electrons. The van der Waals surface area contributed by atoms with E-state index in [1.807, 2.05) is 0 Å². The largest absolute Gasteiger partial charge is 0.0625 e. The summed E-state index contributed by atoms with van der Waals surface area (Å²) in [4.78, 5) is 0. The first-order valence-electron chi connectivity index (χ1n) is 7.04. The van der Waals surface area contributed by atoms with Gasteiger partial charge in [0, 0.05) is 0 Å². The second-order valence-corrected chi connectivity index (χ2v) is 7.15. The highest BCUT2D eigenvalue weighted by molar-refractivity contribution is 5.17. The van der Waals surface area contributed by atoms with Crippen molar-refractivity contribution in [2.45, 2.75) is 41.0 Å². The maximum absolute atomic E-state index is 2.52. The van der Waals surface area contributed by atoms with E-state index in [0.29, 0.717) is 0 Å². The van der Waals surface area contributed by atoms with E-state index in [-0.39, 0.29) is 0 Å². The molecule has 0 aromatic rings. The van der Waals surface area contributed by atoms with Crippen LogP contribution in [0.4, 0.5) is 0 Å². The molecule has 3 aliphatic rings. The molecule has 3 fully saturated rings. The van der Waals surface area contributed by atoms with E-state index in [1.54, 1.807) is 6.42 Å². The molecule has 0 N–H and O–H groups in total. The first-order chi connectivity index (χ1) is 7.04. The van der Waals surface area contributed by atoms with Crippen molar-refractivity contribution in [3.05, 3.63) is 0 Å². The Morgan fingerprint density at radius 3 is 2.20 bits per heavy atom. The highest BCUT2D eigenvalue weighted by Gasteiger charge is 2.69. The van der Waals surface area contributed by atoms with Crippen molar-refractivity contribution in [3.8, 4) is 0 Å². The van der Waals surface area contributed by atoms with E-state index in [4.69, 9.17) is 0 Å². The van der Waals surface area contributed by atoms with E-state index >= 15 is 0 Å². The van der Waals surface area contributed by atoms with Gasteiger partial charge in [-0.05, 0) is 59.7 Å². The number of fused-ring (bicyclic) bond motifs is 3. The number of hydrogen-bond donors (Lipinski definition) is 0. The van der Waals surface area contributed by atoms with Gasteiger partial charge in [-0.15, -0.1) is 0 Å². The summed E-state index contributed by atoms with van der Waals surface area (Å²) >= 11 is 0. The molecular formula is C15H26. The summed E-state index contributed by atoms with van der Waals surface area (Å²) < 4.78 is 0. The van der Waals surface area contributed by atoms with Gasteiger partial charge in [0.15, 0.2) is 0 Å². The maximum Gasteiger partial charge on any atom is -0.0313 e. The molecule has 0 bridgehead atoms. The van der Waals surface area contributed by atoms with E-state index < -0.39 is 0 Å². The molecule has 0 spiro atoms. The van der Waals surface area contributed by atoms with Gasteiger partial charge in [-0.2, -0.15) is 0 Å². The fraction of sp³-hybridized carbons (Fsp3) is 1.00. The molecule has 3 aliphatic carbocycles. The minimum absolute atomic E-state index is 0.889. The molecule has 0 nitrogen and oxygen atoms in total. The van der Waals surface area contributed by atoms with E-state index in [2.05, 4.69) is 34.6 Å². The number of hydrogen-bond acceptors (Lipinski definition) is 0. The van der Waals surface area contributed by atoms with Crippen molar-refractivity contribution in [3.63, 3.8) is 0 Å². The summed E-state index contributed by atoms with van der Waals surface area (Å²) in [5.74, 6) is 9.61. The molecule has 8 unspecified atom stereocenters. The zero-order valence-corrected chi connectivity index (χ0v) is 10.9. The smallest absolute Gasteiger partial charge is 0.0313 e. The summed E-state index contributed by atoms with van der Waals surface area (Å²) in [5.41, 5.74) is 0. The average Bonchev–Trinajstić information content (AvgIpc) is 3.01. The Morgan fingerprint density at radius 1 is 0.933 bits per heavy atom. The molecule has 0 saturated heterocycles. The van der Waals surface area contributed by atoms with Gasteiger partial charge in [-0.3, -0.25) is 0 Å². The lowest BCUT2D eigenvalue weighted by atomic mass is 9.88. The molecule has 0 heteroatoms. The van der Waals surface area contributed by atoms with Crippen LogP contribution >= 0.6 is 0 Å². The minimum Gasteiger partial charge on any atom is -0.0625 e. The lowest BCUT2D eigenvalue weighted by Crippen LogP contribution is -2.10. The second kappa shape index (κ2) is 3.02. The van der Waals surface area contributed by atoms with Crippen LogP contribution in [0.2, 0.25) is 0 Å². The third kappa shape index (κ3) is 1.26. The third-order valence-electron chi connectivity index (χ3n) is 6.23. The van der Waals surface area contributed by atoms with Crippen molar-refractivity contribution in [1.29, 1.82) is 0 Å². The lowest BCUT2D eigenvalue weighted by Gasteiger charge is -2.17. The fourth-order valence-corrected chi connectivity index (χ4v) is 4.98. The van der Waals surface area contributed by atoms with Crippen molar-refractivity contribution >= 4 is 0 Å². The van der Waals surface area contributed by atoms with Crippen LogP contribution in [0.25, 0.3) is 0 Å². The van der Waals surface area contributed by atoms with Crippen LogP contribution in [-0.4, -0.2) is 0 Å². The van der Waals surface area contributed by atoms with Gasteiger partial charge in [0.1, 0.15) is 0 Å². The Labute approximate surface area is 94.8 Å². The Morgan fingerprint density at radius 2 is 1.60 bits per heavy atom. The third-order valence-corrected chi connectivity index (χ3v) is 6.23. The van der Waals surface area contributed by atoms with Gasteiger partial charge in [0.2, 0.25) is 0 Å². The summed E-state index contributed by atoms with van der Waals surface area (Å²) in [6.07, 6.45) is 1.55. The molecule has 0 heterocycles. The molecule has 0 aromatic carbocycles. The predicted octanol–water partition coefficient (Wildman–Crippen LogP) is 4.06. The molecule has 0 radical (unpaired) electrons. The Balaban J connectivity index is 1.75. The first-order valence-corrected chi connectivity index (χ1v) is 7.04. The average molecular weight is 206 g/mol. The van der Waals surface area contributed by atoms with E-state index in [9.17, 15) is 0 Å². The molecule has 3 saturated carbocycles. The van der Waals surface area contributed by atoms with Crippen LogP contribution in [0.1, 0.15) is 41.0 Å². The van der Waals surface area contributed by atoms with Gasteiger partial charge in [-0.25, -0.2) is 0 Å². The van der Waals surface area contributed by atoms with Gasteiger partial charge in [0.05, 0.1) is 0 Å². The molecule has 15 heavy (non-hydrogen) atoms. The van der Waals surface area contributed by atoms with Crippen LogP contribution in [-0.2, 0) is 0 Å². The maximum atomic E-state index is 2.52. The highest BCUT2D eigenvalue weighted by atomic mass is 14.7. The topological polar surface area (TPSA) is 0 Å². The zero-order valence-electron chi connectivity index (χ0n) is 10.9. The van der Waals surface area contributed by atoms with Gasteiger partial charge in [-0.1, -0.05) is 34.6 Å². The molecule has 0 aliphatic heterocycles.